The summed E-state index contributed by atoms with van der Waals surface area (Å²) in [5.41, 5.74) is 9.39. The van der Waals surface area contributed by atoms with E-state index < -0.39 is 9.84 Å². The van der Waals surface area contributed by atoms with Crippen LogP contribution in [0.25, 0.3) is 10.8 Å². The van der Waals surface area contributed by atoms with Gasteiger partial charge in [0, 0.05) is 66.4 Å². The van der Waals surface area contributed by atoms with E-state index in [1.807, 2.05) is 30.3 Å². The maximum atomic E-state index is 12.9. The number of rotatable bonds is 8. The molecule has 0 bridgehead atoms. The first kappa shape index (κ1) is 26.8. The molecule has 5 rings (SSSR count). The minimum atomic E-state index is -3.56. The molecule has 4 N–H and O–H groups in total. The summed E-state index contributed by atoms with van der Waals surface area (Å²) in [6.07, 6.45) is 6.41. The van der Waals surface area contributed by atoms with E-state index in [-0.39, 0.29) is 22.8 Å². The molecule has 0 aliphatic rings. The van der Waals surface area contributed by atoms with E-state index in [1.54, 1.807) is 48.8 Å². The normalized spacial score (nSPS) is 11.4. The highest BCUT2D eigenvalue weighted by atomic mass is 32.2. The second-order valence-corrected chi connectivity index (χ2v) is 11.5. The van der Waals surface area contributed by atoms with E-state index >= 15 is 0 Å². The standard InChI is InChI=1S/C30H27N5O4S/c1-40(38,39)27-15-19(4-6-22(27)16-23-3-2-10-34-29(23)36)14-25-17-24(9-11-32-25)30(37)35-18-20-5-7-26-21(13-20)8-12-33-28(26)31/h2-13,15,17H,14,16,18H2,1H3,(H2,31,33)(H,34,36)(H,35,37). The van der Waals surface area contributed by atoms with Crippen LogP contribution >= 0.6 is 0 Å². The van der Waals surface area contributed by atoms with Gasteiger partial charge in [-0.25, -0.2) is 13.4 Å². The van der Waals surface area contributed by atoms with Gasteiger partial charge in [-0.1, -0.05) is 30.3 Å². The number of amides is 1. The summed E-state index contributed by atoms with van der Waals surface area (Å²) in [6, 6.07) is 19.5. The number of nitrogens with one attached hydrogen (secondary N) is 2. The summed E-state index contributed by atoms with van der Waals surface area (Å²) < 4.78 is 25.2. The lowest BCUT2D eigenvalue weighted by molar-refractivity contribution is 0.0950. The number of sulfone groups is 1. The Hall–Kier alpha value is -4.83. The van der Waals surface area contributed by atoms with Gasteiger partial charge in [-0.05, 0) is 58.5 Å². The molecule has 202 valence electrons. The Labute approximate surface area is 231 Å². The molecule has 10 heteroatoms. The maximum absolute atomic E-state index is 12.9. The van der Waals surface area contributed by atoms with Crippen LogP contribution in [-0.2, 0) is 29.2 Å². The zero-order chi connectivity index (χ0) is 28.3. The molecule has 40 heavy (non-hydrogen) atoms. The zero-order valence-corrected chi connectivity index (χ0v) is 22.5. The summed E-state index contributed by atoms with van der Waals surface area (Å²) in [5, 5.41) is 4.73. The predicted molar refractivity (Wildman–Crippen MR) is 154 cm³/mol. The van der Waals surface area contributed by atoms with Gasteiger partial charge in [0.25, 0.3) is 11.5 Å². The Morgan fingerprint density at radius 2 is 1.73 bits per heavy atom. The van der Waals surface area contributed by atoms with Crippen molar-refractivity contribution >= 4 is 32.3 Å². The molecule has 3 heterocycles. The van der Waals surface area contributed by atoms with Crippen LogP contribution < -0.4 is 16.6 Å². The first-order chi connectivity index (χ1) is 19.2. The SMILES string of the molecule is CS(=O)(=O)c1cc(Cc2cc(C(=O)NCc3ccc4c(N)nccc4c3)ccn2)ccc1Cc1ccc[nH]c1=O. The van der Waals surface area contributed by atoms with E-state index in [1.165, 1.54) is 6.20 Å². The molecule has 3 aromatic heterocycles. The van der Waals surface area contributed by atoms with Crippen LogP contribution in [0.4, 0.5) is 5.82 Å². The molecular formula is C30H27N5O4S. The summed E-state index contributed by atoms with van der Waals surface area (Å²) in [7, 11) is -3.56. The van der Waals surface area contributed by atoms with Crippen molar-refractivity contribution in [2.75, 3.05) is 12.0 Å². The topological polar surface area (TPSA) is 148 Å². The van der Waals surface area contributed by atoms with E-state index in [0.717, 1.165) is 28.2 Å². The summed E-state index contributed by atoms with van der Waals surface area (Å²) in [6.45, 7) is 0.331. The number of benzene rings is 2. The van der Waals surface area contributed by atoms with Crippen molar-refractivity contribution < 1.29 is 13.2 Å². The molecule has 0 radical (unpaired) electrons. The number of nitrogens with zero attached hydrogens (tertiary/aromatic N) is 2. The van der Waals surface area contributed by atoms with Crippen LogP contribution in [0.3, 0.4) is 0 Å². The number of carbonyl (C=O) groups excluding carboxylic acids is 1. The summed E-state index contributed by atoms with van der Waals surface area (Å²) in [4.78, 5) is 36.3. The van der Waals surface area contributed by atoms with Gasteiger partial charge >= 0.3 is 0 Å². The van der Waals surface area contributed by atoms with E-state index in [0.29, 0.717) is 41.2 Å². The number of aromatic amines is 1. The fourth-order valence-electron chi connectivity index (χ4n) is 4.57. The zero-order valence-electron chi connectivity index (χ0n) is 21.7. The number of fused-ring (bicyclic) bond motifs is 1. The lowest BCUT2D eigenvalue weighted by Crippen LogP contribution is -2.23. The molecule has 9 nitrogen and oxygen atoms in total. The van der Waals surface area contributed by atoms with Gasteiger partial charge in [-0.2, -0.15) is 0 Å². The number of nitrogens with two attached hydrogens (primary N) is 1. The second kappa shape index (κ2) is 11.1. The van der Waals surface area contributed by atoms with E-state index in [9.17, 15) is 18.0 Å². The number of anilines is 1. The quantitative estimate of drug-likeness (QED) is 0.267. The predicted octanol–water partition coefficient (Wildman–Crippen LogP) is 3.42. The molecule has 0 fully saturated rings. The molecule has 0 aliphatic carbocycles. The van der Waals surface area contributed by atoms with Crippen LogP contribution in [0.15, 0.2) is 95.0 Å². The highest BCUT2D eigenvalue weighted by Gasteiger charge is 2.16. The van der Waals surface area contributed by atoms with Crippen molar-refractivity contribution in [1.82, 2.24) is 20.3 Å². The Morgan fingerprint density at radius 3 is 2.52 bits per heavy atom. The summed E-state index contributed by atoms with van der Waals surface area (Å²) >= 11 is 0. The fraction of sp³-hybridized carbons (Fsp3) is 0.133. The largest absolute Gasteiger partial charge is 0.383 e. The molecule has 0 saturated carbocycles. The Morgan fingerprint density at radius 1 is 0.925 bits per heavy atom. The van der Waals surface area contributed by atoms with Crippen LogP contribution in [0.2, 0.25) is 0 Å². The lowest BCUT2D eigenvalue weighted by Gasteiger charge is -2.11. The first-order valence-corrected chi connectivity index (χ1v) is 14.4. The Balaban J connectivity index is 1.31. The van der Waals surface area contributed by atoms with Crippen LogP contribution in [-0.4, -0.2) is 35.5 Å². The smallest absolute Gasteiger partial charge is 0.251 e. The van der Waals surface area contributed by atoms with Gasteiger partial charge < -0.3 is 16.0 Å². The van der Waals surface area contributed by atoms with Gasteiger partial charge in [0.15, 0.2) is 9.84 Å². The van der Waals surface area contributed by atoms with Gasteiger partial charge in [0.1, 0.15) is 5.82 Å². The number of H-pyrrole nitrogens is 1. The van der Waals surface area contributed by atoms with Gasteiger partial charge in [0.2, 0.25) is 0 Å². The third kappa shape index (κ3) is 6.08. The average molecular weight is 554 g/mol. The third-order valence-electron chi connectivity index (χ3n) is 6.59. The van der Waals surface area contributed by atoms with Crippen LogP contribution in [0.1, 0.15) is 38.3 Å². The Bertz CT molecular complexity index is 1900. The summed E-state index contributed by atoms with van der Waals surface area (Å²) in [5.74, 6) is 0.209. The molecule has 0 atom stereocenters. The molecule has 0 unspecified atom stereocenters. The minimum absolute atomic E-state index is 0.162. The third-order valence-corrected chi connectivity index (χ3v) is 7.77. The maximum Gasteiger partial charge on any atom is 0.251 e. The van der Waals surface area contributed by atoms with Crippen molar-refractivity contribution in [2.45, 2.75) is 24.3 Å². The molecule has 0 spiro atoms. The molecular weight excluding hydrogens is 526 g/mol. The molecule has 0 saturated heterocycles. The van der Waals surface area contributed by atoms with Gasteiger partial charge in [-0.3, -0.25) is 14.6 Å². The Kier molecular flexibility index (Phi) is 7.43. The number of nitrogen functional groups attached to an aromatic ring is 1. The van der Waals surface area contributed by atoms with Crippen molar-refractivity contribution in [2.24, 2.45) is 0 Å². The van der Waals surface area contributed by atoms with Gasteiger partial charge in [-0.15, -0.1) is 0 Å². The highest BCUT2D eigenvalue weighted by molar-refractivity contribution is 7.90. The van der Waals surface area contributed by atoms with Gasteiger partial charge in [0.05, 0.1) is 4.90 Å². The fourth-order valence-corrected chi connectivity index (χ4v) is 5.55. The van der Waals surface area contributed by atoms with Crippen LogP contribution in [0.5, 0.6) is 0 Å². The van der Waals surface area contributed by atoms with Crippen molar-refractivity contribution in [3.05, 3.63) is 129 Å². The molecule has 2 aromatic carbocycles. The molecule has 5 aromatic rings. The van der Waals surface area contributed by atoms with Crippen molar-refractivity contribution in [3.63, 3.8) is 0 Å². The van der Waals surface area contributed by atoms with E-state index in [2.05, 4.69) is 20.3 Å². The number of hydrogen-bond donors (Lipinski definition) is 3. The van der Waals surface area contributed by atoms with Crippen molar-refractivity contribution in [3.8, 4) is 0 Å². The molecule has 1 amide bonds. The number of pyridine rings is 3. The van der Waals surface area contributed by atoms with Crippen molar-refractivity contribution in [1.29, 1.82) is 0 Å². The number of aromatic nitrogens is 3. The molecule has 0 aliphatic heterocycles. The second-order valence-electron chi connectivity index (χ2n) is 9.56. The monoisotopic (exact) mass is 553 g/mol. The van der Waals surface area contributed by atoms with Crippen LogP contribution in [0, 0.1) is 0 Å². The first-order valence-electron chi connectivity index (χ1n) is 12.5. The number of carbonyl (C=O) groups is 1. The van der Waals surface area contributed by atoms with E-state index in [4.69, 9.17) is 5.73 Å². The minimum Gasteiger partial charge on any atom is -0.383 e. The lowest BCUT2D eigenvalue weighted by atomic mass is 10.0. The number of hydrogen-bond acceptors (Lipinski definition) is 7. The average Bonchev–Trinajstić information content (AvgIpc) is 2.93. The highest BCUT2D eigenvalue weighted by Crippen LogP contribution is 2.22.